The van der Waals surface area contributed by atoms with Crippen LogP contribution in [0.25, 0.3) is 0 Å². The van der Waals surface area contributed by atoms with Gasteiger partial charge in [-0.3, -0.25) is 4.79 Å². The minimum Gasteiger partial charge on any atom is -0.469 e. The molecular formula is C21H23FN2O4. The monoisotopic (exact) mass is 386 g/mol. The summed E-state index contributed by atoms with van der Waals surface area (Å²) in [7, 11) is 1.40. The number of esters is 1. The third-order valence-corrected chi connectivity index (χ3v) is 4.77. The van der Waals surface area contributed by atoms with Crippen LogP contribution >= 0.6 is 0 Å². The molecule has 0 saturated heterocycles. The van der Waals surface area contributed by atoms with Gasteiger partial charge in [-0.2, -0.15) is 0 Å². The Hall–Kier alpha value is -3.09. The number of benzene rings is 2. The summed E-state index contributed by atoms with van der Waals surface area (Å²) in [6.45, 7) is 0. The standard InChI is InChI=1S/C21H23FN2O4/c1-27-20(25)14-6-8-15(9-7-14)23-21(26)24-16-10-12-17(13-11-16)28-19-5-3-2-4-18(19)22/h2-5,10-15H,6-9H2,1H3,(H2,23,24,26). The zero-order chi connectivity index (χ0) is 19.9. The Labute approximate surface area is 163 Å². The fourth-order valence-electron chi connectivity index (χ4n) is 3.25. The van der Waals surface area contributed by atoms with Gasteiger partial charge in [0.1, 0.15) is 5.75 Å². The summed E-state index contributed by atoms with van der Waals surface area (Å²) in [4.78, 5) is 23.7. The van der Waals surface area contributed by atoms with Gasteiger partial charge in [-0.15, -0.1) is 0 Å². The molecule has 7 heteroatoms. The topological polar surface area (TPSA) is 76.7 Å². The van der Waals surface area contributed by atoms with E-state index in [1.165, 1.54) is 13.2 Å². The van der Waals surface area contributed by atoms with E-state index in [1.807, 2.05) is 0 Å². The van der Waals surface area contributed by atoms with Crippen LogP contribution in [0, 0.1) is 11.7 Å². The van der Waals surface area contributed by atoms with Crippen LogP contribution < -0.4 is 15.4 Å². The van der Waals surface area contributed by atoms with Gasteiger partial charge in [0.2, 0.25) is 0 Å². The van der Waals surface area contributed by atoms with Crippen molar-refractivity contribution < 1.29 is 23.5 Å². The Kier molecular flexibility index (Phi) is 6.47. The van der Waals surface area contributed by atoms with E-state index in [1.54, 1.807) is 42.5 Å². The summed E-state index contributed by atoms with van der Waals surface area (Å²) in [5, 5.41) is 5.69. The lowest BCUT2D eigenvalue weighted by atomic mass is 9.86. The average Bonchev–Trinajstić information content (AvgIpc) is 2.71. The Balaban J connectivity index is 1.47. The second-order valence-corrected chi connectivity index (χ2v) is 6.73. The molecule has 1 fully saturated rings. The predicted molar refractivity (Wildman–Crippen MR) is 103 cm³/mol. The maximum absolute atomic E-state index is 13.6. The van der Waals surface area contributed by atoms with Crippen molar-refractivity contribution in [1.29, 1.82) is 0 Å². The van der Waals surface area contributed by atoms with Crippen LogP contribution in [0.2, 0.25) is 0 Å². The molecule has 28 heavy (non-hydrogen) atoms. The van der Waals surface area contributed by atoms with Crippen LogP contribution in [0.5, 0.6) is 11.5 Å². The van der Waals surface area contributed by atoms with Crippen molar-refractivity contribution in [3.05, 3.63) is 54.3 Å². The number of methoxy groups -OCH3 is 1. The number of anilines is 1. The highest BCUT2D eigenvalue weighted by atomic mass is 19.1. The van der Waals surface area contributed by atoms with E-state index >= 15 is 0 Å². The second-order valence-electron chi connectivity index (χ2n) is 6.73. The smallest absolute Gasteiger partial charge is 0.319 e. The molecule has 2 aromatic carbocycles. The normalized spacial score (nSPS) is 18.8. The van der Waals surface area contributed by atoms with Gasteiger partial charge in [-0.05, 0) is 62.1 Å². The van der Waals surface area contributed by atoms with Gasteiger partial charge in [0.25, 0.3) is 0 Å². The Morgan fingerprint density at radius 3 is 2.32 bits per heavy atom. The summed E-state index contributed by atoms with van der Waals surface area (Å²) in [5.74, 6) is -0.0830. The number of amides is 2. The van der Waals surface area contributed by atoms with E-state index in [-0.39, 0.29) is 29.7 Å². The minimum atomic E-state index is -0.439. The number of carbonyl (C=O) groups excluding carboxylic acids is 2. The first-order valence-corrected chi connectivity index (χ1v) is 9.23. The molecule has 0 radical (unpaired) electrons. The molecular weight excluding hydrogens is 363 g/mol. The zero-order valence-electron chi connectivity index (χ0n) is 15.6. The van der Waals surface area contributed by atoms with Gasteiger partial charge < -0.3 is 20.1 Å². The molecule has 0 spiro atoms. The van der Waals surface area contributed by atoms with Crippen molar-refractivity contribution in [2.45, 2.75) is 31.7 Å². The zero-order valence-corrected chi connectivity index (χ0v) is 15.6. The average molecular weight is 386 g/mol. The van der Waals surface area contributed by atoms with Crippen molar-refractivity contribution >= 4 is 17.7 Å². The first-order valence-electron chi connectivity index (χ1n) is 9.23. The molecule has 148 valence electrons. The summed E-state index contributed by atoms with van der Waals surface area (Å²) in [6, 6.07) is 12.6. The number of halogens is 1. The third-order valence-electron chi connectivity index (χ3n) is 4.77. The van der Waals surface area contributed by atoms with Gasteiger partial charge in [0.15, 0.2) is 11.6 Å². The number of nitrogens with one attached hydrogen (secondary N) is 2. The van der Waals surface area contributed by atoms with Gasteiger partial charge in [-0.1, -0.05) is 12.1 Å². The molecule has 0 unspecified atom stereocenters. The van der Waals surface area contributed by atoms with Crippen LogP contribution in [0.1, 0.15) is 25.7 Å². The molecule has 3 rings (SSSR count). The lowest BCUT2D eigenvalue weighted by molar-refractivity contribution is -0.146. The molecule has 0 atom stereocenters. The van der Waals surface area contributed by atoms with Gasteiger partial charge >= 0.3 is 12.0 Å². The number of urea groups is 1. The van der Waals surface area contributed by atoms with Crippen LogP contribution in [0.3, 0.4) is 0 Å². The van der Waals surface area contributed by atoms with E-state index in [0.717, 1.165) is 12.8 Å². The predicted octanol–water partition coefficient (Wildman–Crippen LogP) is 4.47. The van der Waals surface area contributed by atoms with E-state index in [9.17, 15) is 14.0 Å². The van der Waals surface area contributed by atoms with Crippen LogP contribution in [-0.2, 0) is 9.53 Å². The van der Waals surface area contributed by atoms with Crippen molar-refractivity contribution in [3.8, 4) is 11.5 Å². The Morgan fingerprint density at radius 1 is 1.00 bits per heavy atom. The number of carbonyl (C=O) groups is 2. The number of rotatable bonds is 5. The highest BCUT2D eigenvalue weighted by molar-refractivity contribution is 5.89. The number of hydrogen-bond donors (Lipinski definition) is 2. The van der Waals surface area contributed by atoms with E-state index in [2.05, 4.69) is 10.6 Å². The van der Waals surface area contributed by atoms with Crippen LogP contribution in [0.15, 0.2) is 48.5 Å². The molecule has 6 nitrogen and oxygen atoms in total. The maximum Gasteiger partial charge on any atom is 0.319 e. The van der Waals surface area contributed by atoms with Gasteiger partial charge in [0.05, 0.1) is 13.0 Å². The lowest BCUT2D eigenvalue weighted by Crippen LogP contribution is -2.41. The van der Waals surface area contributed by atoms with Crippen molar-refractivity contribution in [1.82, 2.24) is 5.32 Å². The fourth-order valence-corrected chi connectivity index (χ4v) is 3.25. The summed E-state index contributed by atoms with van der Waals surface area (Å²) >= 11 is 0. The summed E-state index contributed by atoms with van der Waals surface area (Å²) in [6.07, 6.45) is 2.89. The molecule has 1 aliphatic rings. The number of hydrogen-bond acceptors (Lipinski definition) is 4. The molecule has 2 amide bonds. The first kappa shape index (κ1) is 19.7. The second kappa shape index (κ2) is 9.21. The molecule has 0 aromatic heterocycles. The van der Waals surface area contributed by atoms with Crippen LogP contribution in [0.4, 0.5) is 14.9 Å². The van der Waals surface area contributed by atoms with Crippen molar-refractivity contribution in [2.75, 3.05) is 12.4 Å². The number of para-hydroxylation sites is 1. The van der Waals surface area contributed by atoms with Gasteiger partial charge in [-0.25, -0.2) is 9.18 Å². The summed E-state index contributed by atoms with van der Waals surface area (Å²) < 4.78 is 23.9. The quantitative estimate of drug-likeness (QED) is 0.744. The Morgan fingerprint density at radius 2 is 1.68 bits per heavy atom. The first-order chi connectivity index (χ1) is 13.5. The highest BCUT2D eigenvalue weighted by Gasteiger charge is 2.27. The molecule has 0 aliphatic heterocycles. The highest BCUT2D eigenvalue weighted by Crippen LogP contribution is 2.26. The molecule has 1 aliphatic carbocycles. The van der Waals surface area contributed by atoms with E-state index in [0.29, 0.717) is 24.3 Å². The molecule has 0 bridgehead atoms. The third kappa shape index (κ3) is 5.22. The van der Waals surface area contributed by atoms with Gasteiger partial charge in [0, 0.05) is 11.7 Å². The Bertz CT molecular complexity index is 817. The minimum absolute atomic E-state index is 0.0320. The van der Waals surface area contributed by atoms with Crippen molar-refractivity contribution in [2.24, 2.45) is 5.92 Å². The van der Waals surface area contributed by atoms with E-state index < -0.39 is 5.82 Å². The maximum atomic E-state index is 13.6. The van der Waals surface area contributed by atoms with E-state index in [4.69, 9.17) is 9.47 Å². The molecule has 2 N–H and O–H groups in total. The lowest BCUT2D eigenvalue weighted by Gasteiger charge is -2.27. The molecule has 2 aromatic rings. The molecule has 0 heterocycles. The fraction of sp³-hybridized carbons (Fsp3) is 0.333. The SMILES string of the molecule is COC(=O)C1CCC(NC(=O)Nc2ccc(Oc3ccccc3F)cc2)CC1. The van der Waals surface area contributed by atoms with Crippen LogP contribution in [-0.4, -0.2) is 25.2 Å². The largest absolute Gasteiger partial charge is 0.469 e. The number of ether oxygens (including phenoxy) is 2. The summed E-state index contributed by atoms with van der Waals surface area (Å²) in [5.41, 5.74) is 0.599. The van der Waals surface area contributed by atoms with Crippen molar-refractivity contribution in [3.63, 3.8) is 0 Å². The molecule has 1 saturated carbocycles.